The van der Waals surface area contributed by atoms with Crippen molar-refractivity contribution in [2.24, 2.45) is 0 Å². The van der Waals surface area contributed by atoms with Crippen molar-refractivity contribution in [2.45, 2.75) is 19.4 Å². The van der Waals surface area contributed by atoms with Crippen LogP contribution in [0.5, 0.6) is 5.75 Å². The van der Waals surface area contributed by atoms with Crippen LogP contribution in [0.4, 0.5) is 4.39 Å². The van der Waals surface area contributed by atoms with Crippen LogP contribution in [0.1, 0.15) is 12.5 Å². The number of para-hydroxylation sites is 1. The maximum Gasteiger partial charge on any atom is 0.261 e. The van der Waals surface area contributed by atoms with Crippen LogP contribution in [0.3, 0.4) is 0 Å². The molecule has 0 fully saturated rings. The molecule has 0 bridgehead atoms. The van der Waals surface area contributed by atoms with Gasteiger partial charge in [0.2, 0.25) is 10.0 Å². The summed E-state index contributed by atoms with van der Waals surface area (Å²) in [6, 6.07) is 4.55. The number of carbonyl (C=O) groups excluding carboxylic acids is 1. The Labute approximate surface area is 122 Å². The highest BCUT2D eigenvalue weighted by atomic mass is 32.2. The van der Waals surface area contributed by atoms with Gasteiger partial charge in [0, 0.05) is 25.1 Å². The number of hydrogen-bond acceptors (Lipinski definition) is 4. The van der Waals surface area contributed by atoms with E-state index in [4.69, 9.17) is 4.74 Å². The molecule has 2 N–H and O–H groups in total. The van der Waals surface area contributed by atoms with Crippen LogP contribution >= 0.6 is 0 Å². The molecule has 1 aliphatic rings. The van der Waals surface area contributed by atoms with Gasteiger partial charge in [0.1, 0.15) is 0 Å². The average molecular weight is 316 g/mol. The van der Waals surface area contributed by atoms with Crippen LogP contribution in [0.25, 0.3) is 0 Å². The first kappa shape index (κ1) is 15.7. The summed E-state index contributed by atoms with van der Waals surface area (Å²) >= 11 is 0. The first-order valence-electron chi connectivity index (χ1n) is 6.62. The van der Waals surface area contributed by atoms with E-state index in [1.165, 1.54) is 13.0 Å². The maximum absolute atomic E-state index is 13.5. The molecule has 1 heterocycles. The second-order valence-electron chi connectivity index (χ2n) is 4.63. The number of benzene rings is 1. The molecule has 1 aromatic rings. The van der Waals surface area contributed by atoms with Crippen molar-refractivity contribution in [3.05, 3.63) is 29.6 Å². The van der Waals surface area contributed by atoms with Crippen molar-refractivity contribution in [2.75, 3.05) is 18.8 Å². The molecule has 0 radical (unpaired) electrons. The van der Waals surface area contributed by atoms with Crippen LogP contribution in [-0.4, -0.2) is 39.3 Å². The van der Waals surface area contributed by atoms with Crippen LogP contribution in [0.2, 0.25) is 0 Å². The Balaban J connectivity index is 1.80. The SMILES string of the molecule is CCS(=O)(=O)NCCNC(=O)[C@@H]1Cc2cccc(F)c2O1. The molecule has 0 aliphatic carbocycles. The van der Waals surface area contributed by atoms with Crippen LogP contribution in [-0.2, 0) is 21.2 Å². The zero-order chi connectivity index (χ0) is 15.5. The highest BCUT2D eigenvalue weighted by Crippen LogP contribution is 2.31. The molecule has 116 valence electrons. The molecule has 21 heavy (non-hydrogen) atoms. The maximum atomic E-state index is 13.5. The lowest BCUT2D eigenvalue weighted by Crippen LogP contribution is -2.41. The van der Waals surface area contributed by atoms with E-state index in [0.29, 0.717) is 12.0 Å². The number of halogens is 1. The Hall–Kier alpha value is -1.67. The largest absolute Gasteiger partial charge is 0.477 e. The van der Waals surface area contributed by atoms with Crippen LogP contribution < -0.4 is 14.8 Å². The van der Waals surface area contributed by atoms with Gasteiger partial charge in [-0.25, -0.2) is 17.5 Å². The molecule has 0 spiro atoms. The fourth-order valence-corrected chi connectivity index (χ4v) is 2.60. The summed E-state index contributed by atoms with van der Waals surface area (Å²) in [6.45, 7) is 1.78. The zero-order valence-electron chi connectivity index (χ0n) is 11.6. The van der Waals surface area contributed by atoms with Crippen LogP contribution in [0, 0.1) is 5.82 Å². The topological polar surface area (TPSA) is 84.5 Å². The van der Waals surface area contributed by atoms with E-state index in [0.717, 1.165) is 0 Å². The molecule has 0 unspecified atom stereocenters. The normalized spacial score (nSPS) is 17.1. The number of hydrogen-bond donors (Lipinski definition) is 2. The number of amides is 1. The Kier molecular flexibility index (Phi) is 4.79. The Morgan fingerprint density at radius 1 is 1.43 bits per heavy atom. The smallest absolute Gasteiger partial charge is 0.261 e. The minimum atomic E-state index is -3.27. The lowest BCUT2D eigenvalue weighted by Gasteiger charge is -2.11. The van der Waals surface area contributed by atoms with Crippen molar-refractivity contribution in [3.63, 3.8) is 0 Å². The summed E-state index contributed by atoms with van der Waals surface area (Å²) in [7, 11) is -3.27. The number of nitrogens with one attached hydrogen (secondary N) is 2. The lowest BCUT2D eigenvalue weighted by molar-refractivity contribution is -0.127. The molecule has 1 aromatic carbocycles. The van der Waals surface area contributed by atoms with Gasteiger partial charge in [-0.1, -0.05) is 12.1 Å². The second-order valence-corrected chi connectivity index (χ2v) is 6.72. The molecular formula is C13H17FN2O4S. The molecule has 6 nitrogen and oxygen atoms in total. The summed E-state index contributed by atoms with van der Waals surface area (Å²) in [5.41, 5.74) is 0.654. The van der Waals surface area contributed by atoms with Gasteiger partial charge in [-0.2, -0.15) is 0 Å². The standard InChI is InChI=1S/C13H17FN2O4S/c1-2-21(18,19)16-7-6-15-13(17)11-8-9-4-3-5-10(14)12(9)20-11/h3-5,11,16H,2,6-8H2,1H3,(H,15,17)/t11-/m0/s1. The van der Waals surface area contributed by atoms with E-state index < -0.39 is 21.9 Å². The molecule has 1 amide bonds. The van der Waals surface area contributed by atoms with Gasteiger partial charge in [0.25, 0.3) is 5.91 Å². The van der Waals surface area contributed by atoms with E-state index in [1.54, 1.807) is 12.1 Å². The van der Waals surface area contributed by atoms with E-state index in [1.807, 2.05) is 0 Å². The van der Waals surface area contributed by atoms with Gasteiger partial charge >= 0.3 is 0 Å². The van der Waals surface area contributed by atoms with Gasteiger partial charge in [-0.05, 0) is 13.0 Å². The minimum absolute atomic E-state index is 0.0126. The Morgan fingerprint density at radius 3 is 2.86 bits per heavy atom. The summed E-state index contributed by atoms with van der Waals surface area (Å²) < 4.78 is 43.5. The van der Waals surface area contributed by atoms with Gasteiger partial charge in [0.05, 0.1) is 5.75 Å². The number of ether oxygens (including phenoxy) is 1. The summed E-state index contributed by atoms with van der Waals surface area (Å²) in [5, 5.41) is 2.56. The van der Waals surface area contributed by atoms with E-state index >= 15 is 0 Å². The quantitative estimate of drug-likeness (QED) is 0.734. The zero-order valence-corrected chi connectivity index (χ0v) is 12.4. The number of fused-ring (bicyclic) bond motifs is 1. The molecule has 0 saturated carbocycles. The molecule has 8 heteroatoms. The second kappa shape index (κ2) is 6.40. The molecular weight excluding hydrogens is 299 g/mol. The van der Waals surface area contributed by atoms with E-state index in [-0.39, 0.29) is 30.5 Å². The molecule has 1 aliphatic heterocycles. The summed E-state index contributed by atoms with van der Waals surface area (Å²) in [4.78, 5) is 11.9. The van der Waals surface area contributed by atoms with E-state index in [2.05, 4.69) is 10.0 Å². The number of carbonyl (C=O) groups is 1. The third-order valence-corrected chi connectivity index (χ3v) is 4.54. The fourth-order valence-electron chi connectivity index (χ4n) is 1.98. The third-order valence-electron chi connectivity index (χ3n) is 3.13. The number of sulfonamides is 1. The highest BCUT2D eigenvalue weighted by Gasteiger charge is 2.30. The van der Waals surface area contributed by atoms with Crippen molar-refractivity contribution >= 4 is 15.9 Å². The van der Waals surface area contributed by atoms with Crippen molar-refractivity contribution < 1.29 is 22.3 Å². The lowest BCUT2D eigenvalue weighted by atomic mass is 10.1. The third kappa shape index (κ3) is 3.92. The van der Waals surface area contributed by atoms with E-state index in [9.17, 15) is 17.6 Å². The summed E-state index contributed by atoms with van der Waals surface area (Å²) in [5.74, 6) is -0.773. The average Bonchev–Trinajstić information content (AvgIpc) is 2.89. The first-order valence-corrected chi connectivity index (χ1v) is 8.27. The van der Waals surface area contributed by atoms with Crippen molar-refractivity contribution in [3.8, 4) is 5.75 Å². The van der Waals surface area contributed by atoms with Gasteiger partial charge in [-0.3, -0.25) is 4.79 Å². The molecule has 0 aromatic heterocycles. The fraction of sp³-hybridized carbons (Fsp3) is 0.462. The Morgan fingerprint density at radius 2 is 2.19 bits per heavy atom. The first-order chi connectivity index (χ1) is 9.93. The molecule has 1 atom stereocenters. The molecule has 2 rings (SSSR count). The number of rotatable bonds is 6. The predicted molar refractivity (Wildman–Crippen MR) is 75.0 cm³/mol. The van der Waals surface area contributed by atoms with Gasteiger partial charge in [0.15, 0.2) is 17.7 Å². The van der Waals surface area contributed by atoms with Crippen LogP contribution in [0.15, 0.2) is 18.2 Å². The monoisotopic (exact) mass is 316 g/mol. The highest BCUT2D eigenvalue weighted by molar-refractivity contribution is 7.89. The van der Waals surface area contributed by atoms with Crippen molar-refractivity contribution in [1.29, 1.82) is 0 Å². The Bertz CT molecular complexity index is 633. The van der Waals surface area contributed by atoms with Crippen molar-refractivity contribution in [1.82, 2.24) is 10.0 Å². The summed E-state index contributed by atoms with van der Waals surface area (Å²) in [6.07, 6.45) is -0.473. The molecule has 0 saturated heterocycles. The minimum Gasteiger partial charge on any atom is -0.477 e. The van der Waals surface area contributed by atoms with Gasteiger partial charge in [-0.15, -0.1) is 0 Å². The van der Waals surface area contributed by atoms with Gasteiger partial charge < -0.3 is 10.1 Å². The predicted octanol–water partition coefficient (Wildman–Crippen LogP) is 0.185.